The van der Waals surface area contributed by atoms with Crippen LogP contribution < -0.4 is 0 Å². The zero-order valence-corrected chi connectivity index (χ0v) is 11.4. The fourth-order valence-electron chi connectivity index (χ4n) is 1.99. The molecule has 0 saturated heterocycles. The SMILES string of the molecule is CC(C)(CC1=Cc2cccc(O)c2S1(=O)=O)C(=O)O. The van der Waals surface area contributed by atoms with Gasteiger partial charge >= 0.3 is 5.97 Å². The third-order valence-electron chi connectivity index (χ3n) is 3.15. The number of fused-ring (bicyclic) bond motifs is 1. The molecule has 1 aromatic rings. The summed E-state index contributed by atoms with van der Waals surface area (Å²) < 4.78 is 24.6. The van der Waals surface area contributed by atoms with Crippen LogP contribution in [-0.4, -0.2) is 24.6 Å². The Labute approximate surface area is 111 Å². The highest BCUT2D eigenvalue weighted by Gasteiger charge is 2.38. The topological polar surface area (TPSA) is 91.7 Å². The summed E-state index contributed by atoms with van der Waals surface area (Å²) in [6.07, 6.45) is 1.31. The van der Waals surface area contributed by atoms with Crippen molar-refractivity contribution in [3.05, 3.63) is 28.7 Å². The number of sulfone groups is 1. The molecule has 0 atom stereocenters. The van der Waals surface area contributed by atoms with Crippen LogP contribution in [0.2, 0.25) is 0 Å². The number of hydrogen-bond acceptors (Lipinski definition) is 4. The molecule has 0 spiro atoms. The molecule has 0 aromatic heterocycles. The molecule has 1 aromatic carbocycles. The molecule has 0 bridgehead atoms. The van der Waals surface area contributed by atoms with Gasteiger partial charge in [-0.2, -0.15) is 0 Å². The summed E-state index contributed by atoms with van der Waals surface area (Å²) in [5.41, 5.74) is -0.785. The van der Waals surface area contributed by atoms with E-state index in [1.807, 2.05) is 0 Å². The number of aliphatic carboxylic acids is 1. The van der Waals surface area contributed by atoms with Crippen LogP contribution in [0.3, 0.4) is 0 Å². The number of rotatable bonds is 3. The van der Waals surface area contributed by atoms with Crippen molar-refractivity contribution in [3.8, 4) is 5.75 Å². The quantitative estimate of drug-likeness (QED) is 0.885. The average molecular weight is 282 g/mol. The average Bonchev–Trinajstić information content (AvgIpc) is 2.51. The zero-order valence-electron chi connectivity index (χ0n) is 10.5. The first-order valence-electron chi connectivity index (χ1n) is 5.67. The van der Waals surface area contributed by atoms with Crippen LogP contribution in [0.4, 0.5) is 0 Å². The van der Waals surface area contributed by atoms with E-state index in [-0.39, 0.29) is 22.0 Å². The molecule has 2 N–H and O–H groups in total. The van der Waals surface area contributed by atoms with Gasteiger partial charge in [0.2, 0.25) is 9.84 Å². The molecule has 1 aliphatic heterocycles. The van der Waals surface area contributed by atoms with Gasteiger partial charge in [0.15, 0.2) is 0 Å². The van der Waals surface area contributed by atoms with E-state index in [0.29, 0.717) is 5.56 Å². The summed E-state index contributed by atoms with van der Waals surface area (Å²) >= 11 is 0. The summed E-state index contributed by atoms with van der Waals surface area (Å²) in [7, 11) is -3.80. The fourth-order valence-corrected chi connectivity index (χ4v) is 3.86. The molecule has 2 rings (SSSR count). The van der Waals surface area contributed by atoms with Crippen molar-refractivity contribution in [2.24, 2.45) is 5.41 Å². The maximum atomic E-state index is 12.3. The Kier molecular flexibility index (Phi) is 2.93. The lowest BCUT2D eigenvalue weighted by Crippen LogP contribution is -2.25. The summed E-state index contributed by atoms with van der Waals surface area (Å²) in [5.74, 6) is -1.37. The second-order valence-corrected chi connectivity index (χ2v) is 7.11. The Morgan fingerprint density at radius 3 is 2.47 bits per heavy atom. The van der Waals surface area contributed by atoms with Crippen LogP contribution in [0.25, 0.3) is 6.08 Å². The minimum absolute atomic E-state index is 0.0244. The van der Waals surface area contributed by atoms with E-state index < -0.39 is 21.2 Å². The number of hydrogen-bond donors (Lipinski definition) is 2. The summed E-state index contributed by atoms with van der Waals surface area (Å²) in [5, 5.41) is 18.7. The number of phenols is 1. The third-order valence-corrected chi connectivity index (χ3v) is 5.09. The van der Waals surface area contributed by atoms with Gasteiger partial charge in [-0.3, -0.25) is 4.79 Å². The number of carboxylic acid groups (broad SMARTS) is 1. The number of carbonyl (C=O) groups is 1. The van der Waals surface area contributed by atoms with Gasteiger partial charge in [-0.25, -0.2) is 8.42 Å². The van der Waals surface area contributed by atoms with Crippen LogP contribution in [0.5, 0.6) is 5.75 Å². The number of benzene rings is 1. The van der Waals surface area contributed by atoms with Crippen LogP contribution in [-0.2, 0) is 14.6 Å². The highest BCUT2D eigenvalue weighted by molar-refractivity contribution is 7.96. The van der Waals surface area contributed by atoms with Crippen LogP contribution in [0, 0.1) is 5.41 Å². The Morgan fingerprint density at radius 1 is 1.32 bits per heavy atom. The minimum atomic E-state index is -3.80. The van der Waals surface area contributed by atoms with E-state index in [1.165, 1.54) is 26.0 Å². The van der Waals surface area contributed by atoms with Crippen molar-refractivity contribution in [1.82, 2.24) is 0 Å². The van der Waals surface area contributed by atoms with Crippen molar-refractivity contribution >= 4 is 21.9 Å². The molecule has 102 valence electrons. The van der Waals surface area contributed by atoms with E-state index in [1.54, 1.807) is 12.1 Å². The lowest BCUT2D eigenvalue weighted by atomic mass is 9.89. The van der Waals surface area contributed by atoms with Crippen molar-refractivity contribution in [2.45, 2.75) is 25.2 Å². The Bertz CT molecular complexity index is 683. The van der Waals surface area contributed by atoms with E-state index in [4.69, 9.17) is 5.11 Å². The molecule has 0 radical (unpaired) electrons. The van der Waals surface area contributed by atoms with E-state index in [2.05, 4.69) is 0 Å². The van der Waals surface area contributed by atoms with Gasteiger partial charge in [0, 0.05) is 0 Å². The van der Waals surface area contributed by atoms with Gasteiger partial charge in [0.1, 0.15) is 10.6 Å². The number of carboxylic acids is 1. The zero-order chi connectivity index (χ0) is 14.4. The minimum Gasteiger partial charge on any atom is -0.507 e. The molecule has 0 aliphatic carbocycles. The van der Waals surface area contributed by atoms with Crippen LogP contribution >= 0.6 is 0 Å². The first kappa shape index (κ1) is 13.6. The molecule has 0 saturated carbocycles. The predicted octanol–water partition coefficient (Wildman–Crippen LogP) is 2.02. The smallest absolute Gasteiger partial charge is 0.309 e. The highest BCUT2D eigenvalue weighted by atomic mass is 32.2. The lowest BCUT2D eigenvalue weighted by molar-refractivity contribution is -0.146. The normalized spacial score (nSPS) is 16.8. The summed E-state index contributed by atoms with van der Waals surface area (Å²) in [4.78, 5) is 11.0. The first-order chi connectivity index (χ1) is 8.66. The molecule has 0 amide bonds. The molecular weight excluding hydrogens is 268 g/mol. The maximum Gasteiger partial charge on any atom is 0.309 e. The fraction of sp³-hybridized carbons (Fsp3) is 0.308. The van der Waals surface area contributed by atoms with Crippen molar-refractivity contribution in [1.29, 1.82) is 0 Å². The highest BCUT2D eigenvalue weighted by Crippen LogP contribution is 2.42. The summed E-state index contributed by atoms with van der Waals surface area (Å²) in [6.45, 7) is 2.93. The largest absolute Gasteiger partial charge is 0.507 e. The number of phenolic OH excluding ortho intramolecular Hbond substituents is 1. The second kappa shape index (κ2) is 4.09. The van der Waals surface area contributed by atoms with Crippen molar-refractivity contribution in [3.63, 3.8) is 0 Å². The predicted molar refractivity (Wildman–Crippen MR) is 69.3 cm³/mol. The molecular formula is C13H14O5S. The molecule has 19 heavy (non-hydrogen) atoms. The molecule has 1 heterocycles. The van der Waals surface area contributed by atoms with Crippen molar-refractivity contribution in [2.75, 3.05) is 0 Å². The van der Waals surface area contributed by atoms with Gasteiger partial charge < -0.3 is 10.2 Å². The van der Waals surface area contributed by atoms with Crippen LogP contribution in [0.1, 0.15) is 25.8 Å². The molecule has 0 unspecified atom stereocenters. The van der Waals surface area contributed by atoms with Gasteiger partial charge in [0.25, 0.3) is 0 Å². The number of allylic oxidation sites excluding steroid dienone is 1. The molecule has 0 fully saturated rings. The maximum absolute atomic E-state index is 12.3. The molecule has 1 aliphatic rings. The Balaban J connectivity index is 2.49. The Morgan fingerprint density at radius 2 is 1.95 bits per heavy atom. The lowest BCUT2D eigenvalue weighted by Gasteiger charge is -2.19. The van der Waals surface area contributed by atoms with Gasteiger partial charge in [0.05, 0.1) is 10.3 Å². The van der Waals surface area contributed by atoms with Crippen LogP contribution in [0.15, 0.2) is 28.0 Å². The first-order valence-corrected chi connectivity index (χ1v) is 7.15. The van der Waals surface area contributed by atoms with E-state index in [0.717, 1.165) is 0 Å². The second-order valence-electron chi connectivity index (χ2n) is 5.18. The van der Waals surface area contributed by atoms with Crippen molar-refractivity contribution < 1.29 is 23.4 Å². The Hall–Kier alpha value is -1.82. The molecule has 5 nitrogen and oxygen atoms in total. The van der Waals surface area contributed by atoms with Gasteiger partial charge in [-0.15, -0.1) is 0 Å². The van der Waals surface area contributed by atoms with Gasteiger partial charge in [-0.05, 0) is 38.0 Å². The monoisotopic (exact) mass is 282 g/mol. The van der Waals surface area contributed by atoms with E-state index in [9.17, 15) is 18.3 Å². The van der Waals surface area contributed by atoms with E-state index >= 15 is 0 Å². The molecule has 6 heteroatoms. The third kappa shape index (κ3) is 2.12. The standard InChI is InChI=1S/C13H14O5S/c1-13(2,12(15)16)7-9-6-8-4-3-5-10(14)11(8)19(9,17)18/h3-6,14H,7H2,1-2H3,(H,15,16). The number of aromatic hydroxyl groups is 1. The van der Waals surface area contributed by atoms with Gasteiger partial charge in [-0.1, -0.05) is 12.1 Å². The summed E-state index contributed by atoms with van der Waals surface area (Å²) in [6, 6.07) is 4.42.